The van der Waals surface area contributed by atoms with E-state index in [-0.39, 0.29) is 5.78 Å². The second-order valence-electron chi connectivity index (χ2n) is 7.20. The monoisotopic (exact) mass is 392 g/mol. The predicted octanol–water partition coefficient (Wildman–Crippen LogP) is 6.24. The summed E-state index contributed by atoms with van der Waals surface area (Å²) in [5.74, 6) is 1.50. The number of aryl methyl sites for hydroxylation is 1. The second-order valence-corrected chi connectivity index (χ2v) is 7.20. The average molecular weight is 392 g/mol. The zero-order chi connectivity index (χ0) is 20.9. The van der Waals surface area contributed by atoms with E-state index in [1.54, 1.807) is 12.3 Å². The maximum atomic E-state index is 12.3. The Morgan fingerprint density at radius 1 is 0.967 bits per heavy atom. The molecule has 0 spiro atoms. The van der Waals surface area contributed by atoms with Gasteiger partial charge in [-0.1, -0.05) is 42.5 Å². The summed E-state index contributed by atoms with van der Waals surface area (Å²) in [5.41, 5.74) is 4.26. The molecule has 0 saturated carbocycles. The number of nitrogens with zero attached hydrogens (tertiary/aromatic N) is 2. The van der Waals surface area contributed by atoms with E-state index in [9.17, 15) is 4.79 Å². The molecular formula is C26H20N2O2. The molecule has 0 unspecified atom stereocenters. The van der Waals surface area contributed by atoms with Gasteiger partial charge in [0.1, 0.15) is 17.3 Å². The third kappa shape index (κ3) is 4.37. The first-order chi connectivity index (χ1) is 14.6. The molecule has 1 heterocycles. The van der Waals surface area contributed by atoms with Crippen LogP contribution in [0.4, 0.5) is 5.69 Å². The van der Waals surface area contributed by atoms with Crippen LogP contribution in [0.15, 0.2) is 79.0 Å². The number of Topliss-reactive ketones (excluding diaryl/α,β-unsaturated/α-hetero) is 1. The van der Waals surface area contributed by atoms with Gasteiger partial charge >= 0.3 is 0 Å². The fraction of sp³-hybridized carbons (Fsp3) is 0.115. The number of carbonyl (C=O) groups is 1. The van der Waals surface area contributed by atoms with Gasteiger partial charge in [-0.25, -0.2) is 4.85 Å². The molecule has 0 aliphatic rings. The Balaban J connectivity index is 1.49. The Hall–Kier alpha value is -3.97. The van der Waals surface area contributed by atoms with Gasteiger partial charge in [0, 0.05) is 24.4 Å². The Morgan fingerprint density at radius 2 is 1.67 bits per heavy atom. The van der Waals surface area contributed by atoms with Crippen molar-refractivity contribution in [2.75, 3.05) is 0 Å². The molecule has 4 rings (SSSR count). The summed E-state index contributed by atoms with van der Waals surface area (Å²) in [4.78, 5) is 20.3. The third-order valence-electron chi connectivity index (χ3n) is 4.94. The first-order valence-corrected chi connectivity index (χ1v) is 9.71. The molecule has 0 aliphatic carbocycles. The summed E-state index contributed by atoms with van der Waals surface area (Å²) >= 11 is 0. The summed E-state index contributed by atoms with van der Waals surface area (Å²) < 4.78 is 6.06. The van der Waals surface area contributed by atoms with Gasteiger partial charge in [-0.15, -0.1) is 0 Å². The molecule has 4 heteroatoms. The number of pyridine rings is 1. The highest BCUT2D eigenvalue weighted by molar-refractivity contribution is 5.89. The van der Waals surface area contributed by atoms with Crippen molar-refractivity contribution in [1.29, 1.82) is 0 Å². The highest BCUT2D eigenvalue weighted by atomic mass is 16.5. The lowest BCUT2D eigenvalue weighted by Gasteiger charge is -2.10. The zero-order valence-corrected chi connectivity index (χ0v) is 16.6. The molecule has 0 fully saturated rings. The molecule has 146 valence electrons. The van der Waals surface area contributed by atoms with Crippen LogP contribution in [0.1, 0.15) is 16.7 Å². The van der Waals surface area contributed by atoms with Crippen molar-refractivity contribution >= 4 is 22.4 Å². The fourth-order valence-electron chi connectivity index (χ4n) is 3.39. The summed E-state index contributed by atoms with van der Waals surface area (Å²) in [6, 6.07) is 22.8. The Kier molecular flexibility index (Phi) is 5.54. The zero-order valence-electron chi connectivity index (χ0n) is 16.6. The first kappa shape index (κ1) is 19.4. The van der Waals surface area contributed by atoms with Crippen LogP contribution in [0.2, 0.25) is 0 Å². The SMILES string of the molecule is [C-]#[N+]c1cc2c(Oc3ccc(CC(=O)Cc4ccccc4)cc3)ccnc2cc1C. The number of hydrogen-bond acceptors (Lipinski definition) is 3. The minimum absolute atomic E-state index is 0.178. The molecule has 0 saturated heterocycles. The van der Waals surface area contributed by atoms with Gasteiger partial charge in [0.15, 0.2) is 5.69 Å². The highest BCUT2D eigenvalue weighted by Gasteiger charge is 2.09. The van der Waals surface area contributed by atoms with E-state index in [1.165, 1.54) is 0 Å². The Morgan fingerprint density at radius 3 is 2.37 bits per heavy atom. The van der Waals surface area contributed by atoms with E-state index in [4.69, 9.17) is 11.3 Å². The summed E-state index contributed by atoms with van der Waals surface area (Å²) in [5, 5.41) is 0.802. The van der Waals surface area contributed by atoms with Crippen molar-refractivity contribution < 1.29 is 9.53 Å². The molecule has 30 heavy (non-hydrogen) atoms. The number of carbonyl (C=O) groups excluding carboxylic acids is 1. The molecule has 3 aromatic carbocycles. The maximum Gasteiger partial charge on any atom is 0.191 e. The number of rotatable bonds is 6. The topological polar surface area (TPSA) is 43.5 Å². The van der Waals surface area contributed by atoms with E-state index >= 15 is 0 Å². The molecule has 0 aliphatic heterocycles. The number of ketones is 1. The van der Waals surface area contributed by atoms with E-state index in [0.29, 0.717) is 30.0 Å². The van der Waals surface area contributed by atoms with Gasteiger partial charge in [0.2, 0.25) is 0 Å². The van der Waals surface area contributed by atoms with Crippen molar-refractivity contribution in [3.8, 4) is 11.5 Å². The molecule has 0 N–H and O–H groups in total. The molecule has 1 aromatic heterocycles. The van der Waals surface area contributed by atoms with Crippen molar-refractivity contribution in [3.05, 3.63) is 107 Å². The number of hydrogen-bond donors (Lipinski definition) is 0. The number of aromatic nitrogens is 1. The Bertz CT molecular complexity index is 1240. The van der Waals surface area contributed by atoms with Crippen molar-refractivity contribution in [3.63, 3.8) is 0 Å². The third-order valence-corrected chi connectivity index (χ3v) is 4.94. The fourth-order valence-corrected chi connectivity index (χ4v) is 3.39. The van der Waals surface area contributed by atoms with Crippen LogP contribution in [-0.4, -0.2) is 10.8 Å². The normalized spacial score (nSPS) is 10.5. The molecule has 0 bridgehead atoms. The lowest BCUT2D eigenvalue weighted by Crippen LogP contribution is -2.06. The lowest BCUT2D eigenvalue weighted by atomic mass is 10.0. The largest absolute Gasteiger partial charge is 0.457 e. The van der Waals surface area contributed by atoms with Crippen molar-refractivity contribution in [1.82, 2.24) is 4.98 Å². The summed E-state index contributed by atoms with van der Waals surface area (Å²) in [6.45, 7) is 9.24. The minimum Gasteiger partial charge on any atom is -0.457 e. The number of fused-ring (bicyclic) bond motifs is 1. The van der Waals surface area contributed by atoms with Crippen LogP contribution in [0, 0.1) is 13.5 Å². The van der Waals surface area contributed by atoms with Gasteiger partial charge < -0.3 is 4.74 Å². The van der Waals surface area contributed by atoms with Gasteiger partial charge in [0.25, 0.3) is 0 Å². The second kappa shape index (κ2) is 8.59. The molecule has 0 radical (unpaired) electrons. The van der Waals surface area contributed by atoms with E-state index in [2.05, 4.69) is 9.83 Å². The standard InChI is InChI=1S/C26H20N2O2/c1-18-14-25-23(17-24(18)27-2)26(12-13-28-25)30-22-10-8-20(9-11-22)16-21(29)15-19-6-4-3-5-7-19/h3-14,17H,15-16H2,1H3. The molecule has 0 atom stereocenters. The minimum atomic E-state index is 0.178. The molecule has 0 amide bonds. The van der Waals surface area contributed by atoms with Gasteiger partial charge in [-0.3, -0.25) is 9.78 Å². The van der Waals surface area contributed by atoms with E-state index in [0.717, 1.165) is 27.6 Å². The van der Waals surface area contributed by atoms with Gasteiger partial charge in [0.05, 0.1) is 12.1 Å². The highest BCUT2D eigenvalue weighted by Crippen LogP contribution is 2.33. The van der Waals surface area contributed by atoms with Crippen LogP contribution < -0.4 is 4.74 Å². The van der Waals surface area contributed by atoms with Gasteiger partial charge in [-0.05, 0) is 53.9 Å². The van der Waals surface area contributed by atoms with E-state index in [1.807, 2.05) is 73.7 Å². The lowest BCUT2D eigenvalue weighted by molar-refractivity contribution is -0.117. The quantitative estimate of drug-likeness (QED) is 0.365. The van der Waals surface area contributed by atoms with Crippen molar-refractivity contribution in [2.24, 2.45) is 0 Å². The van der Waals surface area contributed by atoms with E-state index < -0.39 is 0 Å². The van der Waals surface area contributed by atoms with Crippen molar-refractivity contribution in [2.45, 2.75) is 19.8 Å². The number of ether oxygens (including phenoxy) is 1. The average Bonchev–Trinajstić information content (AvgIpc) is 2.75. The number of benzene rings is 3. The molecule has 4 aromatic rings. The molecule has 4 nitrogen and oxygen atoms in total. The maximum absolute atomic E-state index is 12.3. The van der Waals surface area contributed by atoms with Crippen LogP contribution in [0.5, 0.6) is 11.5 Å². The summed E-state index contributed by atoms with van der Waals surface area (Å²) in [7, 11) is 0. The summed E-state index contributed by atoms with van der Waals surface area (Å²) in [6.07, 6.45) is 2.52. The Labute approximate surface area is 175 Å². The van der Waals surface area contributed by atoms with Crippen LogP contribution >= 0.6 is 0 Å². The van der Waals surface area contributed by atoms with Crippen LogP contribution in [0.3, 0.4) is 0 Å². The smallest absolute Gasteiger partial charge is 0.191 e. The van der Waals surface area contributed by atoms with Crippen LogP contribution in [0.25, 0.3) is 15.7 Å². The predicted molar refractivity (Wildman–Crippen MR) is 118 cm³/mol. The molecular weight excluding hydrogens is 372 g/mol. The first-order valence-electron chi connectivity index (χ1n) is 9.71. The van der Waals surface area contributed by atoms with Gasteiger partial charge in [-0.2, -0.15) is 0 Å². The van der Waals surface area contributed by atoms with Crippen LogP contribution in [-0.2, 0) is 17.6 Å².